The topological polar surface area (TPSA) is 832 Å². The molecule has 50 atom stereocenters. The Kier molecular flexibility index (Phi) is 33.4. The highest BCUT2D eigenvalue weighted by molar-refractivity contribution is 5.73. The second-order valence-corrected chi connectivity index (χ2v) is 28.8. The normalized spacial score (nSPS) is 52.6. The molecule has 664 valence electrons. The van der Waals surface area contributed by atoms with Crippen LogP contribution in [0.1, 0.15) is 6.92 Å². The van der Waals surface area contributed by atoms with Crippen molar-refractivity contribution in [1.29, 1.82) is 0 Å². The molecule has 1 unspecified atom stereocenters. The fourth-order valence-corrected chi connectivity index (χ4v) is 14.5. The molecule has 0 aromatic rings. The fourth-order valence-electron chi connectivity index (χ4n) is 14.5. The molecule has 0 aromatic heterocycles. The van der Waals surface area contributed by atoms with Crippen LogP contribution >= 0.6 is 0 Å². The maximum Gasteiger partial charge on any atom is 0.217 e. The van der Waals surface area contributed by atoms with Crippen molar-refractivity contribution in [3.8, 4) is 0 Å². The molecule has 1 amide bonds. The summed E-state index contributed by atoms with van der Waals surface area (Å²) < 4.78 is 110. The van der Waals surface area contributed by atoms with Crippen molar-refractivity contribution in [2.45, 2.75) is 314 Å². The van der Waals surface area contributed by atoms with Gasteiger partial charge < -0.3 is 254 Å². The van der Waals surface area contributed by atoms with Crippen molar-refractivity contribution in [3.05, 3.63) is 0 Å². The van der Waals surface area contributed by atoms with Gasteiger partial charge in [0.05, 0.1) is 66.1 Å². The first kappa shape index (κ1) is 93.7. The van der Waals surface area contributed by atoms with Gasteiger partial charge in [-0.15, -0.1) is 0 Å². The molecule has 52 nitrogen and oxygen atoms in total. The second kappa shape index (κ2) is 40.6. The molecular weight excluding hydrogens is 1570 g/mol. The Hall–Kier alpha value is -2.53. The number of ether oxygens (including phenoxy) is 19. The first-order valence-electron chi connectivity index (χ1n) is 36.2. The van der Waals surface area contributed by atoms with Crippen LogP contribution in [-0.4, -0.2) is 537 Å². The lowest BCUT2D eigenvalue weighted by Gasteiger charge is -2.51. The largest absolute Gasteiger partial charge is 0.394 e. The van der Waals surface area contributed by atoms with Gasteiger partial charge in [-0.2, -0.15) is 0 Å². The summed E-state index contributed by atoms with van der Waals surface area (Å²) >= 11 is 0. The van der Waals surface area contributed by atoms with Crippen LogP contribution in [0, 0.1) is 0 Å². The number of carbonyl (C=O) groups is 1. The maximum absolute atomic E-state index is 12.7. The van der Waals surface area contributed by atoms with Crippen LogP contribution in [0.25, 0.3) is 0 Å². The predicted octanol–water partition coefficient (Wildman–Crippen LogP) is -22.7. The molecule has 10 aliphatic heterocycles. The SMILES string of the molecule is CC(=O)N[C@H]1C(O)O[C@H](CO)[C@@H](O[C@@H]2O[C@H](CO[C@H]3O[C@H](CO[C@H]4O[C@H](CO)[C@@H](O)[C@H](O)[C@@H]4O)[C@@H](O)[C@H](O[C@H]4O[C@H](CO)[C@@H](O)[C@H](O)[C@@H]4O)[C@@H]3O)[C@@H](O)[C@H](O[C@H]3O[C@H](CO[C@H]4O[C@H](CO)[C@@H](O)[C@H](O)[C@@H]4O[C@H]4O[C@H](CO)[C@@H](O)[C@H](O)[C@@H]4O)[C@@H](O)[C@H](O)[C@@H]3O[C@H]3O[C@H](CO)[C@@H](O)[C@H](O)[C@@H]3O[C@H]3O[C@H](CO)[C@@H](O)[C@H](O)[C@@H]3O)[C@@H]2O)[C@@H]1O. The van der Waals surface area contributed by atoms with E-state index in [1.54, 1.807) is 0 Å². The summed E-state index contributed by atoms with van der Waals surface area (Å²) in [6.45, 7) is -10.1. The first-order valence-corrected chi connectivity index (χ1v) is 36.2. The third kappa shape index (κ3) is 19.9. The number of amides is 1. The van der Waals surface area contributed by atoms with E-state index in [9.17, 15) is 163 Å². The molecule has 10 aliphatic rings. The predicted molar refractivity (Wildman–Crippen MR) is 341 cm³/mol. The van der Waals surface area contributed by atoms with Crippen LogP contribution in [0.15, 0.2) is 0 Å². The highest BCUT2D eigenvalue weighted by atomic mass is 16.8. The fraction of sp³-hybridized carbons (Fsp3) is 0.984. The summed E-state index contributed by atoms with van der Waals surface area (Å²) in [6, 6.07) is -1.83. The second-order valence-electron chi connectivity index (χ2n) is 28.8. The summed E-state index contributed by atoms with van der Waals surface area (Å²) in [6.07, 6.45) is -106. The Morgan fingerprint density at radius 3 is 0.851 bits per heavy atom. The van der Waals surface area contributed by atoms with E-state index in [0.717, 1.165) is 6.92 Å². The Morgan fingerprint density at radius 1 is 0.228 bits per heavy atom. The lowest BCUT2D eigenvalue weighted by molar-refractivity contribution is -0.410. The molecule has 114 heavy (non-hydrogen) atoms. The summed E-state index contributed by atoms with van der Waals surface area (Å²) in [5.41, 5.74) is 0. The summed E-state index contributed by atoms with van der Waals surface area (Å²) in [5.74, 6) is -0.893. The van der Waals surface area contributed by atoms with E-state index in [2.05, 4.69) is 5.32 Å². The van der Waals surface area contributed by atoms with Gasteiger partial charge in [0.15, 0.2) is 62.9 Å². The standard InChI is InChI=1S/C62H105NO51/c1-12(71)63-23-33(81)47(19(8-70)99-53(23)95)109-59-46(94)49(32(80)22(107-59)11-97-55-45(93)48(110-56-42(90)35(83)25(73)14(3-65)101-56)31(79)21(106-55)10-96-54-41(89)34(82)24(72)13(2-64)100-54)111-62-52(114-61-51(39(87)29(77)18(7-69)105-61)113-58-44(92)37(85)27(75)16(5-67)103-58)40(88)30(78)20(108-62)9-98-60-50(38(86)28(76)17(6-68)104-60)112-57-43(91)36(84)26(74)15(4-66)102-57/h13-62,64-70,72-95H,2-11H2,1H3,(H,63,71)/t13-,14-,15-,16-,17-,18-,19-,20-,21-,22-,23-,24-,25-,26-,27-,28-,29-,30-,31-,32-,33-,34+,35+,36+,37+,38+,39+,40+,41+,42+,43+,44+,45+,46+,47-,48+,49+,50+,51+,52+,53?,54+,55+,56-,57-,58-,59+,60+,61-,62-/m1/s1. The Morgan fingerprint density at radius 2 is 0.465 bits per heavy atom. The lowest BCUT2D eigenvalue weighted by atomic mass is 9.94. The van der Waals surface area contributed by atoms with Gasteiger partial charge in [-0.05, 0) is 0 Å². The Bertz CT molecular complexity index is 2910. The monoisotopic (exact) mass is 1680 g/mol. The number of aliphatic hydroxyl groups excluding tert-OH is 31. The minimum Gasteiger partial charge on any atom is -0.394 e. The van der Waals surface area contributed by atoms with E-state index in [0.29, 0.717) is 0 Å². The van der Waals surface area contributed by atoms with E-state index < -0.39 is 379 Å². The van der Waals surface area contributed by atoms with Gasteiger partial charge in [0.2, 0.25) is 5.91 Å². The molecule has 0 saturated carbocycles. The minimum absolute atomic E-state index is 0.893. The minimum atomic E-state index is -2.65. The molecule has 0 spiro atoms. The third-order valence-corrected chi connectivity index (χ3v) is 21.2. The average molecular weight is 1680 g/mol. The lowest BCUT2D eigenvalue weighted by Crippen LogP contribution is -2.69. The maximum atomic E-state index is 12.7. The quantitative estimate of drug-likeness (QED) is 0.0331. The Balaban J connectivity index is 1.01. The summed E-state index contributed by atoms with van der Waals surface area (Å²) in [4.78, 5) is 12.4. The molecule has 10 rings (SSSR count). The number of hydrogen-bond donors (Lipinski definition) is 32. The van der Waals surface area contributed by atoms with Gasteiger partial charge in [-0.3, -0.25) is 4.79 Å². The van der Waals surface area contributed by atoms with Crippen molar-refractivity contribution in [3.63, 3.8) is 0 Å². The molecule has 32 N–H and O–H groups in total. The molecule has 52 heteroatoms. The van der Waals surface area contributed by atoms with Crippen LogP contribution < -0.4 is 5.32 Å². The van der Waals surface area contributed by atoms with Gasteiger partial charge >= 0.3 is 0 Å². The van der Waals surface area contributed by atoms with E-state index in [1.165, 1.54) is 0 Å². The van der Waals surface area contributed by atoms with Crippen molar-refractivity contribution in [1.82, 2.24) is 5.32 Å². The van der Waals surface area contributed by atoms with Crippen molar-refractivity contribution >= 4 is 5.91 Å². The number of hydrogen-bond acceptors (Lipinski definition) is 51. The molecule has 0 bridgehead atoms. The number of carbonyl (C=O) groups excluding carboxylic acids is 1. The van der Waals surface area contributed by atoms with Crippen LogP contribution in [0.2, 0.25) is 0 Å². The van der Waals surface area contributed by atoms with Gasteiger partial charge in [-0.25, -0.2) is 0 Å². The van der Waals surface area contributed by atoms with Crippen molar-refractivity contribution in [2.75, 3.05) is 66.1 Å². The zero-order chi connectivity index (χ0) is 83.7. The van der Waals surface area contributed by atoms with E-state index in [1.807, 2.05) is 0 Å². The zero-order valence-electron chi connectivity index (χ0n) is 60.0. The van der Waals surface area contributed by atoms with E-state index in [4.69, 9.17) is 90.0 Å². The highest BCUT2D eigenvalue weighted by Gasteiger charge is 2.61. The molecule has 0 aliphatic carbocycles. The molecule has 0 radical (unpaired) electrons. The van der Waals surface area contributed by atoms with Crippen LogP contribution in [0.4, 0.5) is 0 Å². The van der Waals surface area contributed by atoms with Crippen LogP contribution in [0.5, 0.6) is 0 Å². The number of nitrogens with one attached hydrogen (secondary N) is 1. The Labute approximate surface area is 642 Å². The van der Waals surface area contributed by atoms with Gasteiger partial charge in [-0.1, -0.05) is 0 Å². The van der Waals surface area contributed by atoms with E-state index >= 15 is 0 Å². The molecule has 0 aromatic carbocycles. The molecule has 10 heterocycles. The third-order valence-electron chi connectivity index (χ3n) is 21.2. The van der Waals surface area contributed by atoms with Crippen LogP contribution in [0.3, 0.4) is 0 Å². The van der Waals surface area contributed by atoms with Crippen LogP contribution in [-0.2, 0) is 94.8 Å². The number of rotatable bonds is 29. The smallest absolute Gasteiger partial charge is 0.217 e. The summed E-state index contributed by atoms with van der Waals surface area (Å²) in [5, 5.41) is 344. The average Bonchev–Trinajstić information content (AvgIpc) is 0.767. The van der Waals surface area contributed by atoms with Crippen molar-refractivity contribution in [2.24, 2.45) is 0 Å². The van der Waals surface area contributed by atoms with Gasteiger partial charge in [0.25, 0.3) is 0 Å². The van der Waals surface area contributed by atoms with Gasteiger partial charge in [0.1, 0.15) is 244 Å². The molecule has 10 saturated heterocycles. The molecule has 10 fully saturated rings. The molecular formula is C62H105NO51. The highest BCUT2D eigenvalue weighted by Crippen LogP contribution is 2.40. The van der Waals surface area contributed by atoms with E-state index in [-0.39, 0.29) is 0 Å². The number of aliphatic hydroxyl groups is 31. The summed E-state index contributed by atoms with van der Waals surface area (Å²) in [7, 11) is 0. The first-order chi connectivity index (χ1) is 54.0. The zero-order valence-corrected chi connectivity index (χ0v) is 60.0. The van der Waals surface area contributed by atoms with Gasteiger partial charge in [0, 0.05) is 6.92 Å². The van der Waals surface area contributed by atoms with Crippen molar-refractivity contribution < 1.29 is 253 Å².